The predicted molar refractivity (Wildman–Crippen MR) is 63.6 cm³/mol. The van der Waals surface area contributed by atoms with Crippen molar-refractivity contribution >= 4 is 0 Å². The van der Waals surface area contributed by atoms with Gasteiger partial charge in [0.25, 0.3) is 0 Å². The lowest BCUT2D eigenvalue weighted by molar-refractivity contribution is -0.446. The molecule has 8 heteroatoms. The summed E-state index contributed by atoms with van der Waals surface area (Å²) >= 11 is 0. The third-order valence-electron chi connectivity index (χ3n) is 3.48. The van der Waals surface area contributed by atoms with E-state index in [9.17, 15) is 26.3 Å². The van der Waals surface area contributed by atoms with Crippen LogP contribution in [0.25, 0.3) is 0 Å². The van der Waals surface area contributed by atoms with E-state index in [1.807, 2.05) is 0 Å². The zero-order valence-electron chi connectivity index (χ0n) is 12.0. The molecule has 0 unspecified atom stereocenters. The lowest BCUT2D eigenvalue weighted by atomic mass is 10.0. The maximum Gasteiger partial charge on any atom is 0.453 e. The zero-order chi connectivity index (χ0) is 16.3. The number of hydrogen-bond donors (Lipinski definition) is 0. The topological polar surface area (TPSA) is 18.5 Å². The Balaban J connectivity index is 3.02. The van der Waals surface area contributed by atoms with Gasteiger partial charge in [-0.3, -0.25) is 0 Å². The Hall–Kier alpha value is -0.500. The van der Waals surface area contributed by atoms with E-state index in [0.29, 0.717) is 25.7 Å². The first-order valence-corrected chi connectivity index (χ1v) is 7.08. The van der Waals surface area contributed by atoms with Crippen molar-refractivity contribution in [1.29, 1.82) is 0 Å². The fourth-order valence-electron chi connectivity index (χ4n) is 2.33. The molecule has 0 spiro atoms. The van der Waals surface area contributed by atoms with Crippen LogP contribution < -0.4 is 0 Å². The number of alkyl halides is 6. The van der Waals surface area contributed by atoms with Crippen LogP contribution in [0, 0.1) is 0 Å². The van der Waals surface area contributed by atoms with Crippen LogP contribution in [0.5, 0.6) is 0 Å². The third-order valence-corrected chi connectivity index (χ3v) is 3.48. The Morgan fingerprint density at radius 2 is 1.10 bits per heavy atom. The third kappa shape index (κ3) is 3.83. The van der Waals surface area contributed by atoms with Crippen molar-refractivity contribution in [2.45, 2.75) is 82.7 Å². The summed E-state index contributed by atoms with van der Waals surface area (Å²) < 4.78 is 86.4. The van der Waals surface area contributed by atoms with Crippen LogP contribution in [-0.4, -0.2) is 30.3 Å². The molecular formula is C13H20F6O2. The van der Waals surface area contributed by atoms with E-state index in [2.05, 4.69) is 9.47 Å². The molecule has 0 amide bonds. The van der Waals surface area contributed by atoms with Gasteiger partial charge in [-0.2, -0.15) is 26.3 Å². The van der Waals surface area contributed by atoms with E-state index in [4.69, 9.17) is 0 Å². The van der Waals surface area contributed by atoms with Gasteiger partial charge in [0, 0.05) is 0 Å². The lowest BCUT2D eigenvalue weighted by Crippen LogP contribution is -2.58. The quantitative estimate of drug-likeness (QED) is 0.643. The largest absolute Gasteiger partial charge is 0.453 e. The van der Waals surface area contributed by atoms with Crippen LogP contribution in [0.2, 0.25) is 0 Å². The van der Waals surface area contributed by atoms with Crippen LogP contribution in [0.3, 0.4) is 0 Å². The smallest absolute Gasteiger partial charge is 0.329 e. The second-order valence-electron chi connectivity index (χ2n) is 5.21. The number of ether oxygens (including phenoxy) is 2. The summed E-state index contributed by atoms with van der Waals surface area (Å²) in [4.78, 5) is 0. The molecule has 0 aliphatic carbocycles. The molecule has 21 heavy (non-hydrogen) atoms. The number of halogens is 6. The van der Waals surface area contributed by atoms with Gasteiger partial charge in [-0.25, -0.2) is 0 Å². The summed E-state index contributed by atoms with van der Waals surface area (Å²) in [5.41, 5.74) is 0. The average molecular weight is 322 g/mol. The fourth-order valence-corrected chi connectivity index (χ4v) is 2.33. The Kier molecular flexibility index (Phi) is 5.94. The molecule has 1 saturated heterocycles. The number of hydrogen-bond acceptors (Lipinski definition) is 2. The molecule has 126 valence electrons. The zero-order valence-corrected chi connectivity index (χ0v) is 12.0. The molecule has 0 saturated carbocycles. The summed E-state index contributed by atoms with van der Waals surface area (Å²) in [6, 6.07) is 0. The summed E-state index contributed by atoms with van der Waals surface area (Å²) in [5.74, 6) is -4.49. The predicted octanol–water partition coefficient (Wildman–Crippen LogP) is 4.97. The molecular weight excluding hydrogens is 302 g/mol. The van der Waals surface area contributed by atoms with E-state index in [0.717, 1.165) is 0 Å². The van der Waals surface area contributed by atoms with Crippen LogP contribution in [0.15, 0.2) is 0 Å². The van der Waals surface area contributed by atoms with Crippen molar-refractivity contribution < 1.29 is 35.8 Å². The average Bonchev–Trinajstić information content (AvgIpc) is 2.73. The molecule has 0 radical (unpaired) electrons. The van der Waals surface area contributed by atoms with Gasteiger partial charge >= 0.3 is 18.1 Å². The van der Waals surface area contributed by atoms with Crippen LogP contribution >= 0.6 is 0 Å². The maximum absolute atomic E-state index is 12.9. The molecule has 0 N–H and O–H groups in total. The van der Waals surface area contributed by atoms with E-state index in [-0.39, 0.29) is 12.8 Å². The first kappa shape index (κ1) is 18.5. The number of rotatable bonds is 6. The molecule has 0 aromatic heterocycles. The van der Waals surface area contributed by atoms with Crippen molar-refractivity contribution in [3.63, 3.8) is 0 Å². The molecule has 1 fully saturated rings. The van der Waals surface area contributed by atoms with Gasteiger partial charge in [0.15, 0.2) is 0 Å². The molecule has 1 aliphatic rings. The highest BCUT2D eigenvalue weighted by Gasteiger charge is 2.78. The molecule has 0 aromatic carbocycles. The van der Waals surface area contributed by atoms with Crippen molar-refractivity contribution in [1.82, 2.24) is 0 Å². The highest BCUT2D eigenvalue weighted by Crippen LogP contribution is 2.52. The van der Waals surface area contributed by atoms with Crippen molar-refractivity contribution in [3.8, 4) is 0 Å². The van der Waals surface area contributed by atoms with Gasteiger partial charge in [-0.1, -0.05) is 39.5 Å². The summed E-state index contributed by atoms with van der Waals surface area (Å²) in [7, 11) is 0. The van der Waals surface area contributed by atoms with Gasteiger partial charge in [-0.05, 0) is 12.8 Å². The molecule has 0 bridgehead atoms. The normalized spacial score (nSPS) is 26.3. The van der Waals surface area contributed by atoms with Gasteiger partial charge in [0.1, 0.15) is 0 Å². The van der Waals surface area contributed by atoms with Crippen LogP contribution in [-0.2, 0) is 9.47 Å². The minimum absolute atomic E-state index is 0.124. The minimum atomic E-state index is -5.66. The lowest BCUT2D eigenvalue weighted by Gasteiger charge is -2.31. The Bertz CT molecular complexity index is 294. The monoisotopic (exact) mass is 322 g/mol. The Morgan fingerprint density at radius 3 is 1.33 bits per heavy atom. The highest BCUT2D eigenvalue weighted by molar-refractivity contribution is 4.96. The first-order valence-electron chi connectivity index (χ1n) is 7.08. The van der Waals surface area contributed by atoms with Crippen LogP contribution in [0.1, 0.15) is 52.4 Å². The minimum Gasteiger partial charge on any atom is -0.329 e. The first-order chi connectivity index (χ1) is 9.59. The summed E-state index contributed by atoms with van der Waals surface area (Å²) in [5, 5.41) is 0. The molecule has 2 nitrogen and oxygen atoms in total. The molecule has 2 atom stereocenters. The number of unbranched alkanes of at least 4 members (excludes halogenated alkanes) is 2. The van der Waals surface area contributed by atoms with Crippen molar-refractivity contribution in [3.05, 3.63) is 0 Å². The van der Waals surface area contributed by atoms with E-state index in [1.165, 1.54) is 0 Å². The van der Waals surface area contributed by atoms with Gasteiger partial charge in [0.2, 0.25) is 0 Å². The standard InChI is InChI=1S/C13H20F6O2/c1-3-5-7-9-10(8-6-4-2)21-11(20-9,12(14,15)16)13(17,18)19/h9-10H,3-8H2,1-2H3/t9-,10-/m0/s1. The summed E-state index contributed by atoms with van der Waals surface area (Å²) in [6.45, 7) is 3.61. The van der Waals surface area contributed by atoms with Crippen molar-refractivity contribution in [2.75, 3.05) is 0 Å². The van der Waals surface area contributed by atoms with Gasteiger partial charge in [0.05, 0.1) is 12.2 Å². The Labute approximate surface area is 119 Å². The Morgan fingerprint density at radius 1 is 0.762 bits per heavy atom. The van der Waals surface area contributed by atoms with E-state index < -0.39 is 30.3 Å². The fraction of sp³-hybridized carbons (Fsp3) is 1.00. The van der Waals surface area contributed by atoms with E-state index in [1.54, 1.807) is 13.8 Å². The maximum atomic E-state index is 12.9. The molecule has 1 heterocycles. The van der Waals surface area contributed by atoms with Gasteiger partial charge in [-0.15, -0.1) is 0 Å². The molecule has 1 rings (SSSR count). The highest BCUT2D eigenvalue weighted by atomic mass is 19.4. The molecule has 0 aromatic rings. The van der Waals surface area contributed by atoms with Crippen LogP contribution in [0.4, 0.5) is 26.3 Å². The van der Waals surface area contributed by atoms with Crippen molar-refractivity contribution in [2.24, 2.45) is 0 Å². The second kappa shape index (κ2) is 6.73. The molecule has 1 aliphatic heterocycles. The summed E-state index contributed by atoms with van der Waals surface area (Å²) in [6.07, 6.45) is -11.1. The van der Waals surface area contributed by atoms with Gasteiger partial charge < -0.3 is 9.47 Å². The second-order valence-corrected chi connectivity index (χ2v) is 5.21. The SMILES string of the molecule is CCCC[C@@H]1OC(C(F)(F)F)(C(F)(F)F)O[C@H]1CCCC. The van der Waals surface area contributed by atoms with E-state index >= 15 is 0 Å².